The lowest BCUT2D eigenvalue weighted by molar-refractivity contribution is -0.870. The average molecular weight is 1420 g/mol. The summed E-state index contributed by atoms with van der Waals surface area (Å²) in [6.07, 6.45) is 114. The first kappa shape index (κ1) is 96.7. The fraction of sp³-hybridized carbons (Fsp3) is 0.778. The van der Waals surface area contributed by atoms with E-state index in [-0.39, 0.29) is 25.6 Å². The number of quaternary nitrogens is 1. The van der Waals surface area contributed by atoms with E-state index in [1.54, 1.807) is 0 Å². The molecule has 0 aliphatic rings. The number of hydrogen-bond acceptors (Lipinski definition) is 7. The van der Waals surface area contributed by atoms with Crippen LogP contribution in [0, 0.1) is 0 Å². The molecule has 0 aliphatic heterocycles. The van der Waals surface area contributed by atoms with E-state index in [0.717, 1.165) is 83.5 Å². The van der Waals surface area contributed by atoms with Gasteiger partial charge in [-0.1, -0.05) is 393 Å². The highest BCUT2D eigenvalue weighted by Crippen LogP contribution is 2.43. The average Bonchev–Trinajstić information content (AvgIpc) is 1.30. The van der Waals surface area contributed by atoms with E-state index in [9.17, 15) is 19.0 Å². The quantitative estimate of drug-likeness (QED) is 0.0211. The summed E-state index contributed by atoms with van der Waals surface area (Å²) in [5.41, 5.74) is 0. The van der Waals surface area contributed by atoms with Gasteiger partial charge in [-0.15, -0.1) is 0 Å². The van der Waals surface area contributed by atoms with Crippen molar-refractivity contribution in [1.82, 2.24) is 0 Å². The zero-order valence-electron chi connectivity index (χ0n) is 66.4. The third kappa shape index (κ3) is 83.6. The Hall–Kier alpha value is -3.33. The van der Waals surface area contributed by atoms with Crippen molar-refractivity contribution in [2.24, 2.45) is 0 Å². The van der Waals surface area contributed by atoms with Crippen LogP contribution < -0.4 is 0 Å². The molecule has 1 N–H and O–H groups in total. The Kier molecular flexibility index (Phi) is 77.1. The molecule has 0 saturated heterocycles. The predicted octanol–water partition coefficient (Wildman–Crippen LogP) is 28.7. The van der Waals surface area contributed by atoms with E-state index in [1.807, 2.05) is 21.1 Å². The predicted molar refractivity (Wildman–Crippen MR) is 436 cm³/mol. The molecule has 0 aromatic rings. The lowest BCUT2D eigenvalue weighted by atomic mass is 10.0. The molecular formula is C90H163NO8P+. The van der Waals surface area contributed by atoms with Crippen molar-refractivity contribution in [3.63, 3.8) is 0 Å². The smallest absolute Gasteiger partial charge is 0.462 e. The van der Waals surface area contributed by atoms with Gasteiger partial charge in [0.2, 0.25) is 0 Å². The topological polar surface area (TPSA) is 108 Å². The van der Waals surface area contributed by atoms with Crippen LogP contribution in [0.25, 0.3) is 0 Å². The highest BCUT2D eigenvalue weighted by atomic mass is 31.2. The summed E-state index contributed by atoms with van der Waals surface area (Å²) in [4.78, 5) is 36.0. The van der Waals surface area contributed by atoms with Crippen molar-refractivity contribution in [3.8, 4) is 0 Å². The lowest BCUT2D eigenvalue weighted by Crippen LogP contribution is -2.37. The molecule has 0 aromatic carbocycles. The number of phosphoric acid groups is 1. The summed E-state index contributed by atoms with van der Waals surface area (Å²) >= 11 is 0. The Bertz CT molecular complexity index is 2060. The van der Waals surface area contributed by atoms with Gasteiger partial charge in [-0.25, -0.2) is 4.57 Å². The molecule has 2 unspecified atom stereocenters. The molecule has 0 radical (unpaired) electrons. The molecular weight excluding hydrogens is 1250 g/mol. The summed E-state index contributed by atoms with van der Waals surface area (Å²) in [7, 11) is 1.49. The van der Waals surface area contributed by atoms with E-state index in [1.165, 1.54) is 283 Å². The molecule has 2 atom stereocenters. The first-order valence-corrected chi connectivity index (χ1v) is 44.1. The van der Waals surface area contributed by atoms with Crippen molar-refractivity contribution in [2.75, 3.05) is 47.5 Å². The number of carbonyl (C=O) groups excluding carboxylic acids is 2. The van der Waals surface area contributed by atoms with Crippen LogP contribution in [0.1, 0.15) is 399 Å². The lowest BCUT2D eigenvalue weighted by Gasteiger charge is -2.24. The summed E-state index contributed by atoms with van der Waals surface area (Å²) in [6, 6.07) is 0. The second kappa shape index (κ2) is 79.8. The molecule has 0 amide bonds. The minimum absolute atomic E-state index is 0.0310. The van der Waals surface area contributed by atoms with Crippen LogP contribution in [0.4, 0.5) is 0 Å². The standard InChI is InChI=1S/C90H162NO8P/c1-6-8-10-12-14-16-18-20-22-24-26-28-30-32-34-36-38-40-42-43-44-45-46-47-49-51-53-55-57-59-61-63-65-67-69-71-73-75-77-79-81-83-90(93)99-88(87-98-100(94,95)97-85-84-91(3,4)5)86-96-89(92)82-80-78-76-74-72-70-68-66-64-62-60-58-56-54-52-50-48-41-39-37-35-33-31-29-27-25-23-21-19-17-15-13-11-9-7-2/h8,10,14,16,20,22,25-28,32,34,38,40,43-44,46-47,88H,6-7,9,11-13,15,17-19,21,23-24,29-31,33,35-37,39,41-42,45,48-87H2,1-5H3/p+1/b10-8-,16-14-,22-20-,27-25-,28-26-,34-32-,40-38-,44-43-,47-46-. The molecule has 0 heterocycles. The van der Waals surface area contributed by atoms with E-state index >= 15 is 0 Å². The maximum Gasteiger partial charge on any atom is 0.472 e. The minimum atomic E-state index is -4.40. The Morgan fingerprint density at radius 1 is 0.320 bits per heavy atom. The minimum Gasteiger partial charge on any atom is -0.462 e. The highest BCUT2D eigenvalue weighted by Gasteiger charge is 2.27. The van der Waals surface area contributed by atoms with Gasteiger partial charge in [-0.2, -0.15) is 0 Å². The van der Waals surface area contributed by atoms with Crippen LogP contribution in [0.2, 0.25) is 0 Å². The number of nitrogens with zero attached hydrogens (tertiary/aromatic N) is 1. The second-order valence-electron chi connectivity index (χ2n) is 29.8. The van der Waals surface area contributed by atoms with Crippen LogP contribution in [-0.2, 0) is 32.7 Å². The number of hydrogen-bond donors (Lipinski definition) is 1. The first-order valence-electron chi connectivity index (χ1n) is 42.6. The number of phosphoric ester groups is 1. The zero-order chi connectivity index (χ0) is 72.5. The van der Waals surface area contributed by atoms with Crippen LogP contribution >= 0.6 is 7.82 Å². The van der Waals surface area contributed by atoms with Gasteiger partial charge in [-0.05, 0) is 103 Å². The van der Waals surface area contributed by atoms with Crippen LogP contribution in [-0.4, -0.2) is 74.9 Å². The summed E-state index contributed by atoms with van der Waals surface area (Å²) < 4.78 is 34.9. The molecule has 9 nitrogen and oxygen atoms in total. The Morgan fingerprint density at radius 3 is 0.860 bits per heavy atom. The molecule has 580 valence electrons. The van der Waals surface area contributed by atoms with Crippen molar-refractivity contribution in [2.45, 2.75) is 405 Å². The number of ether oxygens (including phenoxy) is 2. The third-order valence-corrected chi connectivity index (χ3v) is 19.8. The maximum absolute atomic E-state index is 12.9. The largest absolute Gasteiger partial charge is 0.472 e. The van der Waals surface area contributed by atoms with Gasteiger partial charge in [0.15, 0.2) is 6.10 Å². The Labute approximate surface area is 620 Å². The van der Waals surface area contributed by atoms with Gasteiger partial charge in [-0.3, -0.25) is 18.6 Å². The van der Waals surface area contributed by atoms with Crippen molar-refractivity contribution in [1.29, 1.82) is 0 Å². The molecule has 0 bridgehead atoms. The van der Waals surface area contributed by atoms with E-state index in [0.29, 0.717) is 23.9 Å². The summed E-state index contributed by atoms with van der Waals surface area (Å²) in [5, 5.41) is 0. The summed E-state index contributed by atoms with van der Waals surface area (Å²) in [6.45, 7) is 4.37. The van der Waals surface area contributed by atoms with Crippen molar-refractivity contribution >= 4 is 19.8 Å². The van der Waals surface area contributed by atoms with Crippen molar-refractivity contribution < 1.29 is 42.1 Å². The molecule has 0 fully saturated rings. The zero-order valence-corrected chi connectivity index (χ0v) is 67.3. The number of esters is 2. The number of rotatable bonds is 79. The van der Waals surface area contributed by atoms with Crippen LogP contribution in [0.3, 0.4) is 0 Å². The van der Waals surface area contributed by atoms with Gasteiger partial charge in [0, 0.05) is 12.8 Å². The van der Waals surface area contributed by atoms with Gasteiger partial charge < -0.3 is 18.9 Å². The second-order valence-corrected chi connectivity index (χ2v) is 31.3. The van der Waals surface area contributed by atoms with E-state index in [4.69, 9.17) is 18.5 Å². The molecule has 0 spiro atoms. The molecule has 0 aliphatic carbocycles. The number of likely N-dealkylation sites (N-methyl/N-ethyl adjacent to an activating group) is 1. The van der Waals surface area contributed by atoms with Crippen LogP contribution in [0.5, 0.6) is 0 Å². The molecule has 0 rings (SSSR count). The molecule has 0 saturated carbocycles. The molecule has 10 heteroatoms. The number of allylic oxidation sites excluding steroid dienone is 18. The monoisotopic (exact) mass is 1420 g/mol. The fourth-order valence-electron chi connectivity index (χ4n) is 12.3. The van der Waals surface area contributed by atoms with E-state index < -0.39 is 26.5 Å². The first-order chi connectivity index (χ1) is 49.0. The third-order valence-electron chi connectivity index (χ3n) is 18.8. The van der Waals surface area contributed by atoms with E-state index in [2.05, 4.69) is 123 Å². The maximum atomic E-state index is 12.9. The SMILES string of the molecule is CC/C=C\C/C=C\C/C=C\C/C=C\C/C=C\C/C=C\C/C=C\C/C=C\CCCCCCCCCCCCCCCCCCC(=O)OC(COC(=O)CCCCCCCCCCCCCCCCCCCCCCCCC/C=C\CCCCCCCCCC)COP(=O)(O)OCC[N+](C)(C)C. The summed E-state index contributed by atoms with van der Waals surface area (Å²) in [5.74, 6) is -0.781. The molecule has 0 aromatic heterocycles. The Balaban J connectivity index is 3.93. The van der Waals surface area contributed by atoms with Gasteiger partial charge in [0.25, 0.3) is 0 Å². The van der Waals surface area contributed by atoms with Crippen molar-refractivity contribution in [3.05, 3.63) is 109 Å². The van der Waals surface area contributed by atoms with Crippen LogP contribution in [0.15, 0.2) is 109 Å². The fourth-order valence-corrected chi connectivity index (χ4v) is 13.1. The highest BCUT2D eigenvalue weighted by molar-refractivity contribution is 7.47. The van der Waals surface area contributed by atoms with Gasteiger partial charge >= 0.3 is 19.8 Å². The number of unbranched alkanes of at least 4 members (excludes halogenated alkanes) is 47. The Morgan fingerprint density at radius 2 is 0.570 bits per heavy atom. The van der Waals surface area contributed by atoms with Gasteiger partial charge in [0.1, 0.15) is 19.8 Å². The number of carbonyl (C=O) groups is 2. The normalized spacial score (nSPS) is 13.5. The molecule has 100 heavy (non-hydrogen) atoms. The van der Waals surface area contributed by atoms with Gasteiger partial charge in [0.05, 0.1) is 27.7 Å².